The van der Waals surface area contributed by atoms with Gasteiger partial charge < -0.3 is 9.51 Å². The highest BCUT2D eigenvalue weighted by Crippen LogP contribution is 2.22. The van der Waals surface area contributed by atoms with Gasteiger partial charge in [0.1, 0.15) is 5.69 Å². The molecule has 2 aromatic heterocycles. The van der Waals surface area contributed by atoms with E-state index in [1.54, 1.807) is 12.1 Å². The first-order valence-electron chi connectivity index (χ1n) is 5.06. The Balaban J connectivity index is 1.98. The number of benzene rings is 1. The van der Waals surface area contributed by atoms with E-state index in [9.17, 15) is 0 Å². The fourth-order valence-corrected chi connectivity index (χ4v) is 1.64. The summed E-state index contributed by atoms with van der Waals surface area (Å²) < 4.78 is 5.17. The molecule has 3 rings (SSSR count). The van der Waals surface area contributed by atoms with Crippen molar-refractivity contribution in [3.63, 3.8) is 0 Å². The predicted octanol–water partition coefficient (Wildman–Crippen LogP) is 3.39. The zero-order valence-electron chi connectivity index (χ0n) is 8.72. The molecule has 0 aliphatic rings. The third-order valence-electron chi connectivity index (χ3n) is 2.36. The third-order valence-corrected chi connectivity index (χ3v) is 2.61. The summed E-state index contributed by atoms with van der Waals surface area (Å²) in [5.74, 6) is 1.02. The molecule has 0 aliphatic carbocycles. The van der Waals surface area contributed by atoms with Gasteiger partial charge in [-0.1, -0.05) is 16.8 Å². The van der Waals surface area contributed by atoms with E-state index in [4.69, 9.17) is 16.1 Å². The molecule has 1 N–H and O–H groups in total. The molecular formula is C12H8ClN3O. The van der Waals surface area contributed by atoms with Crippen molar-refractivity contribution in [2.45, 2.75) is 0 Å². The monoisotopic (exact) mass is 245 g/mol. The largest absolute Gasteiger partial charge is 0.357 e. The van der Waals surface area contributed by atoms with Gasteiger partial charge in [0.15, 0.2) is 0 Å². The van der Waals surface area contributed by atoms with Crippen LogP contribution < -0.4 is 0 Å². The lowest BCUT2D eigenvalue weighted by molar-refractivity contribution is 0.431. The summed E-state index contributed by atoms with van der Waals surface area (Å²) in [6, 6.07) is 11.0. The number of aromatic nitrogens is 3. The predicted molar refractivity (Wildman–Crippen MR) is 64.5 cm³/mol. The van der Waals surface area contributed by atoms with Crippen LogP contribution in [0.1, 0.15) is 0 Å². The smallest absolute Gasteiger partial charge is 0.274 e. The second kappa shape index (κ2) is 4.07. The molecule has 0 atom stereocenters. The molecule has 3 aromatic rings. The van der Waals surface area contributed by atoms with Gasteiger partial charge in [-0.2, -0.15) is 4.98 Å². The Bertz CT molecular complexity index is 614. The second-order valence-corrected chi connectivity index (χ2v) is 3.95. The molecule has 4 nitrogen and oxygen atoms in total. The number of hydrogen-bond donors (Lipinski definition) is 1. The van der Waals surface area contributed by atoms with Gasteiger partial charge in [0, 0.05) is 16.8 Å². The molecule has 0 fully saturated rings. The minimum Gasteiger partial charge on any atom is -0.357 e. The lowest BCUT2D eigenvalue weighted by Gasteiger charge is -1.93. The summed E-state index contributed by atoms with van der Waals surface area (Å²) >= 11 is 5.82. The van der Waals surface area contributed by atoms with E-state index in [1.165, 1.54) is 0 Å². The van der Waals surface area contributed by atoms with Crippen LogP contribution in [0.3, 0.4) is 0 Å². The summed E-state index contributed by atoms with van der Waals surface area (Å²) in [7, 11) is 0. The van der Waals surface area contributed by atoms with Gasteiger partial charge in [0.2, 0.25) is 5.82 Å². The molecule has 5 heteroatoms. The minimum absolute atomic E-state index is 0.472. The summed E-state index contributed by atoms with van der Waals surface area (Å²) in [4.78, 5) is 7.31. The minimum atomic E-state index is 0.472. The quantitative estimate of drug-likeness (QED) is 0.753. The van der Waals surface area contributed by atoms with Gasteiger partial charge in [-0.25, -0.2) is 0 Å². The fourth-order valence-electron chi connectivity index (χ4n) is 1.51. The van der Waals surface area contributed by atoms with Gasteiger partial charge in [-0.3, -0.25) is 0 Å². The first kappa shape index (κ1) is 10.1. The first-order valence-corrected chi connectivity index (χ1v) is 5.44. The molecule has 1 aromatic carbocycles. The maximum atomic E-state index is 5.82. The van der Waals surface area contributed by atoms with Crippen LogP contribution in [-0.2, 0) is 0 Å². The number of hydrogen-bond acceptors (Lipinski definition) is 3. The van der Waals surface area contributed by atoms with Crippen LogP contribution in [0.5, 0.6) is 0 Å². The van der Waals surface area contributed by atoms with E-state index in [2.05, 4.69) is 15.1 Å². The molecule has 0 spiro atoms. The molecule has 0 radical (unpaired) electrons. The number of nitrogens with zero attached hydrogens (tertiary/aromatic N) is 2. The number of nitrogens with one attached hydrogen (secondary N) is 1. The van der Waals surface area contributed by atoms with E-state index in [0.717, 1.165) is 11.3 Å². The highest BCUT2D eigenvalue weighted by atomic mass is 35.5. The second-order valence-electron chi connectivity index (χ2n) is 3.51. The van der Waals surface area contributed by atoms with Crippen LogP contribution in [0.15, 0.2) is 47.1 Å². The van der Waals surface area contributed by atoms with E-state index in [0.29, 0.717) is 16.7 Å². The van der Waals surface area contributed by atoms with Crippen molar-refractivity contribution in [3.8, 4) is 23.0 Å². The Labute approximate surface area is 102 Å². The molecular weight excluding hydrogens is 238 g/mol. The highest BCUT2D eigenvalue weighted by molar-refractivity contribution is 6.30. The first-order chi connectivity index (χ1) is 8.33. The molecule has 84 valence electrons. The van der Waals surface area contributed by atoms with Crippen LogP contribution in [-0.4, -0.2) is 15.1 Å². The standard InChI is InChI=1S/C12H8ClN3O/c13-9-5-3-8(4-6-9)11-15-12(17-16-11)10-2-1-7-14-10/h1-7,14H. The normalized spacial score (nSPS) is 10.6. The van der Waals surface area contributed by atoms with E-state index in [1.807, 2.05) is 30.5 Å². The molecule has 0 aliphatic heterocycles. The van der Waals surface area contributed by atoms with Crippen LogP contribution in [0, 0.1) is 0 Å². The average molecular weight is 246 g/mol. The number of H-pyrrole nitrogens is 1. The van der Waals surface area contributed by atoms with E-state index in [-0.39, 0.29) is 0 Å². The number of halogens is 1. The third kappa shape index (κ3) is 1.94. The molecule has 17 heavy (non-hydrogen) atoms. The van der Waals surface area contributed by atoms with Crippen molar-refractivity contribution < 1.29 is 4.52 Å². The lowest BCUT2D eigenvalue weighted by atomic mass is 10.2. The van der Waals surface area contributed by atoms with E-state index >= 15 is 0 Å². The summed E-state index contributed by atoms with van der Waals surface area (Å²) in [6.07, 6.45) is 1.81. The molecule has 0 bridgehead atoms. The molecule has 2 heterocycles. The van der Waals surface area contributed by atoms with Crippen LogP contribution in [0.4, 0.5) is 0 Å². The van der Waals surface area contributed by atoms with Crippen LogP contribution in [0.2, 0.25) is 5.02 Å². The zero-order valence-corrected chi connectivity index (χ0v) is 9.48. The summed E-state index contributed by atoms with van der Waals surface area (Å²) in [5, 5.41) is 4.61. The van der Waals surface area contributed by atoms with Crippen molar-refractivity contribution in [1.29, 1.82) is 0 Å². The SMILES string of the molecule is Clc1ccc(-c2noc(-c3ccc[nH]3)n2)cc1. The summed E-state index contributed by atoms with van der Waals surface area (Å²) in [5.41, 5.74) is 1.67. The van der Waals surface area contributed by atoms with Gasteiger partial charge in [0.25, 0.3) is 5.89 Å². The molecule has 0 saturated carbocycles. The topological polar surface area (TPSA) is 54.7 Å². The Hall–Kier alpha value is -2.07. The van der Waals surface area contributed by atoms with Gasteiger partial charge in [-0.05, 0) is 36.4 Å². The maximum Gasteiger partial charge on any atom is 0.274 e. The number of aromatic amines is 1. The molecule has 0 amide bonds. The summed E-state index contributed by atoms with van der Waals surface area (Å²) in [6.45, 7) is 0. The van der Waals surface area contributed by atoms with Crippen LogP contribution >= 0.6 is 11.6 Å². The van der Waals surface area contributed by atoms with Crippen molar-refractivity contribution in [2.24, 2.45) is 0 Å². The zero-order chi connectivity index (χ0) is 11.7. The Morgan fingerprint density at radius 2 is 1.94 bits per heavy atom. The van der Waals surface area contributed by atoms with Gasteiger partial charge >= 0.3 is 0 Å². The van der Waals surface area contributed by atoms with Gasteiger partial charge in [0.05, 0.1) is 0 Å². The average Bonchev–Trinajstić information content (AvgIpc) is 3.00. The Kier molecular flexibility index (Phi) is 2.42. The van der Waals surface area contributed by atoms with Crippen molar-refractivity contribution >= 4 is 11.6 Å². The number of rotatable bonds is 2. The Morgan fingerprint density at radius 1 is 1.12 bits per heavy atom. The van der Waals surface area contributed by atoms with Crippen molar-refractivity contribution in [2.75, 3.05) is 0 Å². The fraction of sp³-hybridized carbons (Fsp3) is 0. The van der Waals surface area contributed by atoms with E-state index < -0.39 is 0 Å². The van der Waals surface area contributed by atoms with Gasteiger partial charge in [-0.15, -0.1) is 0 Å². The van der Waals surface area contributed by atoms with Crippen molar-refractivity contribution in [1.82, 2.24) is 15.1 Å². The molecule has 0 saturated heterocycles. The maximum absolute atomic E-state index is 5.82. The lowest BCUT2D eigenvalue weighted by Crippen LogP contribution is -1.80. The van der Waals surface area contributed by atoms with Crippen LogP contribution in [0.25, 0.3) is 23.0 Å². The van der Waals surface area contributed by atoms with Crippen molar-refractivity contribution in [3.05, 3.63) is 47.6 Å². The Morgan fingerprint density at radius 3 is 2.65 bits per heavy atom. The highest BCUT2D eigenvalue weighted by Gasteiger charge is 2.10. The molecule has 0 unspecified atom stereocenters.